The summed E-state index contributed by atoms with van der Waals surface area (Å²) in [5.74, 6) is -0.114. The number of carbonyl (C=O) groups is 1. The molecule has 6 heteroatoms. The third-order valence-electron chi connectivity index (χ3n) is 4.62. The first-order valence-electron chi connectivity index (χ1n) is 9.57. The number of anilines is 1. The van der Waals surface area contributed by atoms with E-state index in [2.05, 4.69) is 5.32 Å². The Morgan fingerprint density at radius 3 is 2.17 bits per heavy atom. The predicted octanol–water partition coefficient (Wildman–Crippen LogP) is 5.26. The molecule has 0 radical (unpaired) electrons. The molecule has 0 aliphatic heterocycles. The van der Waals surface area contributed by atoms with E-state index in [1.807, 2.05) is 78.9 Å². The van der Waals surface area contributed by atoms with Crippen LogP contribution >= 0.6 is 11.8 Å². The molecule has 5 nitrogen and oxygen atoms in total. The quantitative estimate of drug-likeness (QED) is 0.208. The lowest BCUT2D eigenvalue weighted by Gasteiger charge is -2.14. The molecule has 4 rings (SSSR count). The van der Waals surface area contributed by atoms with Gasteiger partial charge in [0.1, 0.15) is 0 Å². The lowest BCUT2D eigenvalue weighted by molar-refractivity contribution is -0.137. The molecule has 150 valence electrons. The molecule has 0 amide bonds. The van der Waals surface area contributed by atoms with E-state index in [-0.39, 0.29) is 11.7 Å². The van der Waals surface area contributed by atoms with Crippen molar-refractivity contribution in [3.63, 3.8) is 0 Å². The molecular formula is C24H21N3O2S. The van der Waals surface area contributed by atoms with Crippen molar-refractivity contribution in [1.29, 1.82) is 0 Å². The van der Waals surface area contributed by atoms with Crippen LogP contribution in [0.2, 0.25) is 0 Å². The van der Waals surface area contributed by atoms with E-state index in [1.165, 1.54) is 18.9 Å². The average molecular weight is 416 g/mol. The summed E-state index contributed by atoms with van der Waals surface area (Å²) in [5.41, 5.74) is 3.83. The maximum Gasteiger partial charge on any atom is 0.316 e. The normalized spacial score (nSPS) is 11.6. The summed E-state index contributed by atoms with van der Waals surface area (Å²) < 4.78 is 4.80. The van der Waals surface area contributed by atoms with Gasteiger partial charge in [0.15, 0.2) is 5.17 Å². The molecule has 1 heterocycles. The molecule has 0 aliphatic rings. The van der Waals surface area contributed by atoms with Crippen LogP contribution in [0.1, 0.15) is 5.56 Å². The van der Waals surface area contributed by atoms with E-state index in [4.69, 9.17) is 14.7 Å². The Hall–Kier alpha value is -3.38. The number of para-hydroxylation sites is 2. The highest BCUT2D eigenvalue weighted by Crippen LogP contribution is 2.31. The van der Waals surface area contributed by atoms with Crippen molar-refractivity contribution >= 4 is 50.4 Å². The van der Waals surface area contributed by atoms with Crippen LogP contribution in [0.3, 0.4) is 0 Å². The minimum absolute atomic E-state index is 0.179. The lowest BCUT2D eigenvalue weighted by Crippen LogP contribution is -2.14. The highest BCUT2D eigenvalue weighted by atomic mass is 32.2. The number of thioether (sulfide) groups is 1. The van der Waals surface area contributed by atoms with Crippen LogP contribution < -0.4 is 5.32 Å². The Balaban J connectivity index is 1.74. The number of rotatable bonds is 5. The number of amidine groups is 1. The summed E-state index contributed by atoms with van der Waals surface area (Å²) in [6.45, 7) is 0.512. The summed E-state index contributed by atoms with van der Waals surface area (Å²) >= 11 is 1.33. The third kappa shape index (κ3) is 4.60. The number of methoxy groups -OCH3 is 1. The van der Waals surface area contributed by atoms with Crippen LogP contribution in [-0.4, -0.2) is 29.0 Å². The number of fused-ring (bicyclic) bond motifs is 2. The van der Waals surface area contributed by atoms with Crippen molar-refractivity contribution in [2.45, 2.75) is 6.54 Å². The van der Waals surface area contributed by atoms with Gasteiger partial charge in [0.2, 0.25) is 0 Å². The lowest BCUT2D eigenvalue weighted by atomic mass is 10.1. The molecule has 0 unspecified atom stereocenters. The Labute approximate surface area is 179 Å². The summed E-state index contributed by atoms with van der Waals surface area (Å²) in [5, 5.41) is 6.14. The molecule has 1 N–H and O–H groups in total. The Kier molecular flexibility index (Phi) is 6.25. The topological polar surface area (TPSA) is 63.6 Å². The van der Waals surface area contributed by atoms with Crippen LogP contribution in [0, 0.1) is 0 Å². The number of hydrogen-bond donors (Lipinski definition) is 1. The monoisotopic (exact) mass is 415 g/mol. The highest BCUT2D eigenvalue weighted by molar-refractivity contribution is 8.14. The number of esters is 1. The largest absolute Gasteiger partial charge is 0.468 e. The summed E-state index contributed by atoms with van der Waals surface area (Å²) in [4.78, 5) is 21.2. The molecule has 0 atom stereocenters. The number of carbonyl (C=O) groups excluding carboxylic acids is 1. The zero-order valence-corrected chi connectivity index (χ0v) is 17.4. The molecule has 0 bridgehead atoms. The second-order valence-corrected chi connectivity index (χ2v) is 7.58. The standard InChI is InChI=1S/C24H21N3O2S/c1-29-22(28)16-30-24(25-15-17-9-3-2-4-10-17)27-23-18-11-5-7-13-20(18)26-21-14-8-6-12-19(21)23/h2-14H,15-16H2,1H3,(H,25,26,27). The summed E-state index contributed by atoms with van der Waals surface area (Å²) in [6.07, 6.45) is 0. The first kappa shape index (κ1) is 19.9. The van der Waals surface area contributed by atoms with Gasteiger partial charge in [-0.25, -0.2) is 4.98 Å². The fourth-order valence-corrected chi connectivity index (χ4v) is 3.84. The van der Waals surface area contributed by atoms with Crippen molar-refractivity contribution in [3.05, 3.63) is 84.4 Å². The molecule has 0 fully saturated rings. The third-order valence-corrected chi connectivity index (χ3v) is 5.51. The number of ether oxygens (including phenoxy) is 1. The second kappa shape index (κ2) is 9.41. The van der Waals surface area contributed by atoms with Crippen molar-refractivity contribution in [2.75, 3.05) is 18.2 Å². The first-order chi connectivity index (χ1) is 14.7. The zero-order chi connectivity index (χ0) is 20.8. The number of nitrogens with zero attached hydrogens (tertiary/aromatic N) is 2. The van der Waals surface area contributed by atoms with Crippen LogP contribution in [0.5, 0.6) is 0 Å². The van der Waals surface area contributed by atoms with E-state index in [9.17, 15) is 4.79 Å². The van der Waals surface area contributed by atoms with Gasteiger partial charge in [0.05, 0.1) is 36.1 Å². The molecule has 0 saturated heterocycles. The molecule has 4 aromatic rings. The second-order valence-electron chi connectivity index (χ2n) is 6.62. The van der Waals surface area contributed by atoms with E-state index in [0.29, 0.717) is 11.7 Å². The maximum atomic E-state index is 11.7. The van der Waals surface area contributed by atoms with Gasteiger partial charge in [-0.3, -0.25) is 9.79 Å². The number of aliphatic imine (C=N–C) groups is 1. The smallest absolute Gasteiger partial charge is 0.316 e. The summed E-state index contributed by atoms with van der Waals surface area (Å²) in [6, 6.07) is 26.0. The number of nitrogens with one attached hydrogen (secondary N) is 1. The highest BCUT2D eigenvalue weighted by Gasteiger charge is 2.13. The van der Waals surface area contributed by atoms with E-state index in [0.717, 1.165) is 33.1 Å². The van der Waals surface area contributed by atoms with Gasteiger partial charge in [0, 0.05) is 10.8 Å². The minimum Gasteiger partial charge on any atom is -0.468 e. The SMILES string of the molecule is COC(=O)CSC(=NCc1ccccc1)Nc1c2ccccc2nc2ccccc12. The van der Waals surface area contributed by atoms with Gasteiger partial charge >= 0.3 is 5.97 Å². The Morgan fingerprint density at radius 2 is 1.53 bits per heavy atom. The molecule has 30 heavy (non-hydrogen) atoms. The minimum atomic E-state index is -0.293. The van der Waals surface area contributed by atoms with E-state index >= 15 is 0 Å². The van der Waals surface area contributed by atoms with Crippen molar-refractivity contribution in [3.8, 4) is 0 Å². The Bertz CT molecular complexity index is 1150. The van der Waals surface area contributed by atoms with Crippen molar-refractivity contribution < 1.29 is 9.53 Å². The van der Waals surface area contributed by atoms with Crippen molar-refractivity contribution in [2.24, 2.45) is 4.99 Å². The van der Waals surface area contributed by atoms with Gasteiger partial charge in [0.25, 0.3) is 0 Å². The number of benzene rings is 3. The molecule has 1 aromatic heterocycles. The molecular weight excluding hydrogens is 394 g/mol. The van der Waals surface area contributed by atoms with Gasteiger partial charge < -0.3 is 10.1 Å². The number of aromatic nitrogens is 1. The fourth-order valence-electron chi connectivity index (χ4n) is 3.14. The van der Waals surface area contributed by atoms with Crippen molar-refractivity contribution in [1.82, 2.24) is 4.98 Å². The van der Waals surface area contributed by atoms with Gasteiger partial charge in [-0.15, -0.1) is 0 Å². The summed E-state index contributed by atoms with van der Waals surface area (Å²) in [7, 11) is 1.39. The fraction of sp³-hybridized carbons (Fsp3) is 0.125. The van der Waals surface area contributed by atoms with E-state index in [1.54, 1.807) is 0 Å². The number of hydrogen-bond acceptors (Lipinski definition) is 5. The Morgan fingerprint density at radius 1 is 0.933 bits per heavy atom. The van der Waals surface area contributed by atoms with Crippen LogP contribution in [0.25, 0.3) is 21.8 Å². The van der Waals surface area contributed by atoms with Gasteiger partial charge in [-0.05, 0) is 17.7 Å². The van der Waals surface area contributed by atoms with Gasteiger partial charge in [-0.2, -0.15) is 0 Å². The van der Waals surface area contributed by atoms with Crippen LogP contribution in [0.15, 0.2) is 83.9 Å². The van der Waals surface area contributed by atoms with Crippen LogP contribution in [-0.2, 0) is 16.1 Å². The molecule has 0 saturated carbocycles. The molecule has 0 spiro atoms. The average Bonchev–Trinajstić information content (AvgIpc) is 2.80. The van der Waals surface area contributed by atoms with Gasteiger partial charge in [-0.1, -0.05) is 78.5 Å². The predicted molar refractivity (Wildman–Crippen MR) is 125 cm³/mol. The van der Waals surface area contributed by atoms with Crippen LogP contribution in [0.4, 0.5) is 5.69 Å². The first-order valence-corrected chi connectivity index (χ1v) is 10.6. The van der Waals surface area contributed by atoms with E-state index < -0.39 is 0 Å². The number of pyridine rings is 1. The maximum absolute atomic E-state index is 11.7. The molecule has 3 aromatic carbocycles. The molecule has 0 aliphatic carbocycles. The zero-order valence-electron chi connectivity index (χ0n) is 16.5.